The smallest absolute Gasteiger partial charge is 0.311 e. The number of benzene rings is 7. The average Bonchev–Trinajstić information content (AvgIpc) is 4.07. The Kier molecular flexibility index (Phi) is 4.32. The fourth-order valence-electron chi connectivity index (χ4n) is 12.5. The molecule has 4 aliphatic rings. The van der Waals surface area contributed by atoms with Gasteiger partial charge in [-0.05, 0) is 69.8 Å². The number of nitrogens with zero attached hydrogens (tertiary/aromatic N) is 4. The van der Waals surface area contributed by atoms with Crippen molar-refractivity contribution in [2.45, 2.75) is 11.1 Å². The molecule has 0 saturated heterocycles. The number of furan rings is 1. The van der Waals surface area contributed by atoms with Crippen molar-refractivity contribution in [3.05, 3.63) is 204 Å². The lowest BCUT2D eigenvalue weighted by atomic mass is 9.58. The van der Waals surface area contributed by atoms with E-state index in [4.69, 9.17) is 4.42 Å². The van der Waals surface area contributed by atoms with E-state index in [1.165, 1.54) is 88.1 Å². The van der Waals surface area contributed by atoms with Gasteiger partial charge in [0.15, 0.2) is 5.52 Å². The lowest BCUT2D eigenvalue weighted by molar-refractivity contribution is -0.956. The molecular weight excluding hydrogens is 697 g/mol. The quantitative estimate of drug-likeness (QED) is 0.113. The van der Waals surface area contributed by atoms with Crippen molar-refractivity contribution in [3.63, 3.8) is 0 Å². The number of fused-ring (bicyclic) bond motifs is 18. The Hall–Kier alpha value is -7.50. The number of imidazole rings is 1. The molecule has 5 nitrogen and oxygen atoms in total. The van der Waals surface area contributed by atoms with Gasteiger partial charge in [-0.25, -0.2) is 0 Å². The maximum atomic E-state index is 6.53. The summed E-state index contributed by atoms with van der Waals surface area (Å²) in [4.78, 5) is 0. The van der Waals surface area contributed by atoms with Gasteiger partial charge in [0.05, 0.1) is 22.6 Å². The van der Waals surface area contributed by atoms with Gasteiger partial charge in [0.25, 0.3) is 11.5 Å². The summed E-state index contributed by atoms with van der Waals surface area (Å²) in [5, 5.41) is 8.66. The van der Waals surface area contributed by atoms with E-state index in [-0.39, 0.29) is 0 Å². The van der Waals surface area contributed by atoms with Crippen LogP contribution < -0.4 is 9.13 Å². The van der Waals surface area contributed by atoms with E-state index < -0.39 is 11.1 Å². The third-order valence-electron chi connectivity index (χ3n) is 14.4. The van der Waals surface area contributed by atoms with Crippen LogP contribution in [0.2, 0.25) is 0 Å². The van der Waals surface area contributed by atoms with Gasteiger partial charge in [-0.2, -0.15) is 18.1 Å². The minimum atomic E-state index is -0.706. The molecule has 5 heteroatoms. The maximum Gasteiger partial charge on any atom is 0.311 e. The summed E-state index contributed by atoms with van der Waals surface area (Å²) >= 11 is 0. The Bertz CT molecular complexity index is 3910. The highest BCUT2D eigenvalue weighted by Gasteiger charge is 2.68. The Labute approximate surface area is 324 Å². The van der Waals surface area contributed by atoms with Gasteiger partial charge in [0.1, 0.15) is 40.2 Å². The summed E-state index contributed by atoms with van der Waals surface area (Å²) in [6.45, 7) is 0. The molecule has 0 bridgehead atoms. The molecule has 0 saturated carbocycles. The third-order valence-corrected chi connectivity index (χ3v) is 14.4. The van der Waals surface area contributed by atoms with E-state index in [1.54, 1.807) is 0 Å². The highest BCUT2D eigenvalue weighted by atomic mass is 16.3. The molecule has 0 radical (unpaired) electrons. The largest absolute Gasteiger partial charge is 0.456 e. The molecule has 1 unspecified atom stereocenters. The second-order valence-corrected chi connectivity index (χ2v) is 16.4. The molecule has 260 valence electrons. The first kappa shape index (κ1) is 28.0. The first-order valence-electron chi connectivity index (χ1n) is 19.9. The zero-order valence-electron chi connectivity index (χ0n) is 30.4. The summed E-state index contributed by atoms with van der Waals surface area (Å²) < 4.78 is 16.7. The van der Waals surface area contributed by atoms with Crippen molar-refractivity contribution in [2.75, 3.05) is 0 Å². The fourth-order valence-corrected chi connectivity index (χ4v) is 12.5. The lowest BCUT2D eigenvalue weighted by Gasteiger charge is -2.45. The molecular formula is C52H28N4O+2. The van der Waals surface area contributed by atoms with Crippen LogP contribution in [0.4, 0.5) is 0 Å². The summed E-state index contributed by atoms with van der Waals surface area (Å²) in [5.74, 6) is 1.16. The van der Waals surface area contributed by atoms with E-state index in [2.05, 4.69) is 188 Å². The van der Waals surface area contributed by atoms with Crippen LogP contribution in [0, 0.1) is 0 Å². The highest BCUT2D eigenvalue weighted by molar-refractivity contribution is 6.20. The highest BCUT2D eigenvalue weighted by Crippen LogP contribution is 2.65. The number of hydrogen-bond donors (Lipinski definition) is 0. The molecule has 2 spiro atoms. The molecule has 16 rings (SSSR count). The van der Waals surface area contributed by atoms with Crippen LogP contribution in [-0.2, 0) is 11.1 Å². The van der Waals surface area contributed by atoms with Crippen molar-refractivity contribution < 1.29 is 13.6 Å². The molecule has 12 aromatic rings. The fraction of sp³-hybridized carbons (Fsp3) is 0.0385. The Morgan fingerprint density at radius 3 is 2.05 bits per heavy atom. The molecule has 57 heavy (non-hydrogen) atoms. The van der Waals surface area contributed by atoms with Crippen LogP contribution in [0.1, 0.15) is 33.4 Å². The monoisotopic (exact) mass is 724 g/mol. The van der Waals surface area contributed by atoms with Gasteiger partial charge < -0.3 is 4.42 Å². The van der Waals surface area contributed by atoms with Crippen LogP contribution in [-0.4, -0.2) is 8.97 Å². The van der Waals surface area contributed by atoms with Gasteiger partial charge in [-0.15, -0.1) is 0 Å². The molecule has 0 fully saturated rings. The predicted octanol–water partition coefficient (Wildman–Crippen LogP) is 10.4. The number of pyridine rings is 2. The Morgan fingerprint density at radius 1 is 0.474 bits per heavy atom. The molecule has 5 aromatic heterocycles. The van der Waals surface area contributed by atoms with Crippen molar-refractivity contribution in [1.29, 1.82) is 0 Å². The summed E-state index contributed by atoms with van der Waals surface area (Å²) in [5.41, 5.74) is 16.2. The molecule has 2 aliphatic carbocycles. The SMILES string of the molecule is c1ccc2c(c1)-c1ccccc1C21c2ccc3c4cc5c(cc4n4cc[n+]6c4c3c2C62c3c1ccc1c4ccccc4n(c31)-c1cccc[n+]12)oc1ccccc15. The van der Waals surface area contributed by atoms with Crippen molar-refractivity contribution in [3.8, 4) is 16.9 Å². The second-order valence-electron chi connectivity index (χ2n) is 16.4. The first-order valence-corrected chi connectivity index (χ1v) is 19.9. The van der Waals surface area contributed by atoms with E-state index in [1.807, 2.05) is 0 Å². The Morgan fingerprint density at radius 2 is 1.19 bits per heavy atom. The molecule has 0 amide bonds. The van der Waals surface area contributed by atoms with Crippen LogP contribution in [0.5, 0.6) is 0 Å². The number of para-hydroxylation sites is 2. The van der Waals surface area contributed by atoms with Gasteiger partial charge >= 0.3 is 5.66 Å². The number of aromatic nitrogens is 4. The molecule has 7 aromatic carbocycles. The van der Waals surface area contributed by atoms with Crippen LogP contribution in [0.3, 0.4) is 0 Å². The van der Waals surface area contributed by atoms with E-state index >= 15 is 0 Å². The minimum Gasteiger partial charge on any atom is -0.456 e. The van der Waals surface area contributed by atoms with Gasteiger partial charge in [0.2, 0.25) is 0 Å². The van der Waals surface area contributed by atoms with Crippen LogP contribution in [0.15, 0.2) is 175 Å². The normalized spacial score (nSPS) is 17.3. The standard InChI is InChI=1S/C52H28N4O/c1-5-15-37-29(11-1)30-12-2-6-16-38(30)51(37)39-22-20-33-35-27-36-32-14-4-8-18-43(32)57-44(36)28-42(35)53-25-26-55-50(53)46(33)47(39)52(55)48-40(51)23-21-34-31-13-3-7-17-41(31)56(49(34)48)45-19-9-10-24-54(45)52/h1-28H/q+2. The summed E-state index contributed by atoms with van der Waals surface area (Å²) in [7, 11) is 0. The predicted molar refractivity (Wildman–Crippen MR) is 223 cm³/mol. The molecule has 2 aliphatic heterocycles. The lowest BCUT2D eigenvalue weighted by Crippen LogP contribution is -2.76. The third kappa shape index (κ3) is 2.66. The number of hydrogen-bond acceptors (Lipinski definition) is 1. The zero-order valence-corrected chi connectivity index (χ0v) is 30.4. The maximum absolute atomic E-state index is 6.53. The van der Waals surface area contributed by atoms with Crippen molar-refractivity contribution in [2.24, 2.45) is 0 Å². The topological polar surface area (TPSA) is 30.2 Å². The van der Waals surface area contributed by atoms with Gasteiger partial charge in [-0.1, -0.05) is 103 Å². The first-order chi connectivity index (χ1) is 28.3. The van der Waals surface area contributed by atoms with Crippen LogP contribution in [0.25, 0.3) is 88.0 Å². The van der Waals surface area contributed by atoms with E-state index in [0.717, 1.165) is 33.3 Å². The molecule has 7 heterocycles. The van der Waals surface area contributed by atoms with Gasteiger partial charge in [0, 0.05) is 44.5 Å². The van der Waals surface area contributed by atoms with Crippen molar-refractivity contribution >= 4 is 71.1 Å². The van der Waals surface area contributed by atoms with Crippen molar-refractivity contribution in [1.82, 2.24) is 8.97 Å². The van der Waals surface area contributed by atoms with E-state index in [9.17, 15) is 0 Å². The van der Waals surface area contributed by atoms with Crippen LogP contribution >= 0.6 is 0 Å². The zero-order chi connectivity index (χ0) is 36.5. The minimum absolute atomic E-state index is 0.543. The summed E-state index contributed by atoms with van der Waals surface area (Å²) in [6, 6.07) is 57.0. The molecule has 1 atom stereocenters. The van der Waals surface area contributed by atoms with Gasteiger partial charge in [-0.3, -0.25) is 0 Å². The average molecular weight is 725 g/mol. The Balaban J connectivity index is 1.22. The van der Waals surface area contributed by atoms with E-state index in [0.29, 0.717) is 0 Å². The molecule has 0 N–H and O–H groups in total. The summed E-state index contributed by atoms with van der Waals surface area (Å²) in [6.07, 6.45) is 6.96. The number of rotatable bonds is 0. The second kappa shape index (κ2) is 8.80.